The van der Waals surface area contributed by atoms with Crippen molar-refractivity contribution in [1.29, 1.82) is 0 Å². The second kappa shape index (κ2) is 5.75. The Labute approximate surface area is 154 Å². The number of allylic oxidation sites excluding steroid dienone is 4. The van der Waals surface area contributed by atoms with Gasteiger partial charge in [-0.1, -0.05) is 66.8 Å². The van der Waals surface area contributed by atoms with Gasteiger partial charge in [0.15, 0.2) is 0 Å². The lowest BCUT2D eigenvalue weighted by atomic mass is 9.89. The maximum Gasteiger partial charge on any atom is 0.0178 e. The summed E-state index contributed by atoms with van der Waals surface area (Å²) in [5.74, 6) is 0.458. The minimum atomic E-state index is 0.458. The third-order valence-electron chi connectivity index (χ3n) is 5.12. The van der Waals surface area contributed by atoms with E-state index in [-0.39, 0.29) is 0 Å². The van der Waals surface area contributed by atoms with Crippen molar-refractivity contribution in [3.8, 4) is 11.1 Å². The highest BCUT2D eigenvalue weighted by atomic mass is 79.9. The minimum Gasteiger partial charge on any atom is -0.0663 e. The van der Waals surface area contributed by atoms with Gasteiger partial charge in [0.1, 0.15) is 0 Å². The average molecular weight is 430 g/mol. The Morgan fingerprint density at radius 1 is 0.913 bits per heavy atom. The van der Waals surface area contributed by atoms with E-state index in [0.717, 1.165) is 12.8 Å². The number of halogens is 2. The van der Waals surface area contributed by atoms with Crippen LogP contribution in [0, 0.1) is 0 Å². The zero-order valence-corrected chi connectivity index (χ0v) is 16.5. The molecule has 2 heteroatoms. The summed E-state index contributed by atoms with van der Waals surface area (Å²) < 4.78 is 2.33. The number of hydrogen-bond acceptors (Lipinski definition) is 0. The van der Waals surface area contributed by atoms with E-state index in [9.17, 15) is 0 Å². The predicted molar refractivity (Wildman–Crippen MR) is 105 cm³/mol. The smallest absolute Gasteiger partial charge is 0.0178 e. The summed E-state index contributed by atoms with van der Waals surface area (Å²) in [6, 6.07) is 13.4. The zero-order chi connectivity index (χ0) is 16.1. The van der Waals surface area contributed by atoms with E-state index >= 15 is 0 Å². The Kier molecular flexibility index (Phi) is 3.85. The van der Waals surface area contributed by atoms with Crippen LogP contribution in [0.3, 0.4) is 0 Å². The topological polar surface area (TPSA) is 0 Å². The van der Waals surface area contributed by atoms with E-state index in [1.54, 1.807) is 5.57 Å². The predicted octanol–water partition coefficient (Wildman–Crippen LogP) is 7.38. The molecular formula is C21H18Br2. The first-order valence-electron chi connectivity index (χ1n) is 7.98. The monoisotopic (exact) mass is 428 g/mol. The van der Waals surface area contributed by atoms with Gasteiger partial charge in [-0.15, -0.1) is 0 Å². The van der Waals surface area contributed by atoms with Crippen molar-refractivity contribution in [1.82, 2.24) is 0 Å². The summed E-state index contributed by atoms with van der Waals surface area (Å²) in [5.41, 5.74) is 10.2. The second-order valence-electron chi connectivity index (χ2n) is 6.66. The number of benzene rings is 2. The van der Waals surface area contributed by atoms with Crippen LogP contribution in [-0.4, -0.2) is 0 Å². The molecule has 23 heavy (non-hydrogen) atoms. The Balaban J connectivity index is 1.79. The zero-order valence-electron chi connectivity index (χ0n) is 13.3. The molecule has 0 fully saturated rings. The molecule has 2 aliphatic rings. The van der Waals surface area contributed by atoms with Gasteiger partial charge in [0.25, 0.3) is 0 Å². The van der Waals surface area contributed by atoms with E-state index in [0.29, 0.717) is 5.92 Å². The molecule has 0 atom stereocenters. The van der Waals surface area contributed by atoms with Crippen LogP contribution < -0.4 is 0 Å². The lowest BCUT2D eigenvalue weighted by molar-refractivity contribution is 0.798. The van der Waals surface area contributed by atoms with Crippen LogP contribution in [-0.2, 0) is 0 Å². The van der Waals surface area contributed by atoms with Gasteiger partial charge in [-0.3, -0.25) is 0 Å². The van der Waals surface area contributed by atoms with Gasteiger partial charge >= 0.3 is 0 Å². The van der Waals surface area contributed by atoms with Crippen molar-refractivity contribution in [3.05, 3.63) is 79.3 Å². The van der Waals surface area contributed by atoms with Crippen LogP contribution in [0.5, 0.6) is 0 Å². The molecule has 0 amide bonds. The van der Waals surface area contributed by atoms with Crippen molar-refractivity contribution < 1.29 is 0 Å². The van der Waals surface area contributed by atoms with Crippen molar-refractivity contribution >= 4 is 31.9 Å². The van der Waals surface area contributed by atoms with E-state index in [1.165, 1.54) is 42.3 Å². The number of hydrogen-bond donors (Lipinski definition) is 0. The second-order valence-corrected chi connectivity index (χ2v) is 8.49. The highest BCUT2D eigenvalue weighted by Crippen LogP contribution is 2.49. The highest BCUT2D eigenvalue weighted by Gasteiger charge is 2.30. The molecule has 0 aromatic heterocycles. The summed E-state index contributed by atoms with van der Waals surface area (Å²) in [6.45, 7) is 4.48. The summed E-state index contributed by atoms with van der Waals surface area (Å²) in [5, 5.41) is 0. The third kappa shape index (κ3) is 2.66. The molecule has 2 aliphatic carbocycles. The van der Waals surface area contributed by atoms with E-state index in [4.69, 9.17) is 0 Å². The molecule has 0 saturated heterocycles. The third-order valence-corrected chi connectivity index (χ3v) is 6.11. The van der Waals surface area contributed by atoms with Crippen molar-refractivity contribution in [2.75, 3.05) is 0 Å². The van der Waals surface area contributed by atoms with Gasteiger partial charge in [-0.2, -0.15) is 0 Å². The molecular weight excluding hydrogens is 412 g/mol. The molecule has 0 saturated carbocycles. The number of rotatable bonds is 2. The fourth-order valence-corrected chi connectivity index (χ4v) is 4.63. The molecule has 116 valence electrons. The standard InChI is InChI=1S/C21H18Br2/c1-12-7-14(8-13(12)2)9-19-20-10-15(22)3-5-17(20)18-6-4-16(23)11-21(18)19/h3-7,10-11,19H,8-9H2,1-2H3. The summed E-state index contributed by atoms with van der Waals surface area (Å²) in [6.07, 6.45) is 4.64. The van der Waals surface area contributed by atoms with Gasteiger partial charge < -0.3 is 0 Å². The molecule has 0 heterocycles. The van der Waals surface area contributed by atoms with Crippen molar-refractivity contribution in [3.63, 3.8) is 0 Å². The molecule has 0 bridgehead atoms. The van der Waals surface area contributed by atoms with Gasteiger partial charge in [-0.25, -0.2) is 0 Å². The quantitative estimate of drug-likeness (QED) is 0.467. The summed E-state index contributed by atoms with van der Waals surface area (Å²) in [4.78, 5) is 0. The van der Waals surface area contributed by atoms with Crippen LogP contribution in [0.1, 0.15) is 43.7 Å². The van der Waals surface area contributed by atoms with Crippen molar-refractivity contribution in [2.24, 2.45) is 0 Å². The van der Waals surface area contributed by atoms with E-state index < -0.39 is 0 Å². The fourth-order valence-electron chi connectivity index (χ4n) is 3.88. The Bertz CT molecular complexity index is 820. The average Bonchev–Trinajstić information content (AvgIpc) is 2.97. The SMILES string of the molecule is CC1=C(C)CC(CC2c3cc(Br)ccc3-c3ccc(Br)cc32)=C1. The molecule has 0 aliphatic heterocycles. The van der Waals surface area contributed by atoms with E-state index in [1.807, 2.05) is 0 Å². The molecule has 0 N–H and O–H groups in total. The summed E-state index contributed by atoms with van der Waals surface area (Å²) in [7, 11) is 0. The van der Waals surface area contributed by atoms with Crippen LogP contribution in [0.25, 0.3) is 11.1 Å². The number of fused-ring (bicyclic) bond motifs is 3. The minimum absolute atomic E-state index is 0.458. The van der Waals surface area contributed by atoms with E-state index in [2.05, 4.69) is 88.2 Å². The molecule has 0 unspecified atom stereocenters. The normalized spacial score (nSPS) is 16.6. The molecule has 2 aromatic carbocycles. The van der Waals surface area contributed by atoms with Gasteiger partial charge in [0, 0.05) is 14.9 Å². The highest BCUT2D eigenvalue weighted by molar-refractivity contribution is 9.10. The molecule has 2 aromatic rings. The molecule has 0 spiro atoms. The van der Waals surface area contributed by atoms with Crippen molar-refractivity contribution in [2.45, 2.75) is 32.6 Å². The molecule has 4 rings (SSSR count). The van der Waals surface area contributed by atoms with Crippen LogP contribution in [0.4, 0.5) is 0 Å². The molecule has 0 radical (unpaired) electrons. The molecule has 0 nitrogen and oxygen atoms in total. The first kappa shape index (κ1) is 15.4. The van der Waals surface area contributed by atoms with Crippen LogP contribution in [0.2, 0.25) is 0 Å². The van der Waals surface area contributed by atoms with Crippen LogP contribution in [0.15, 0.2) is 68.1 Å². The maximum absolute atomic E-state index is 3.65. The first-order chi connectivity index (χ1) is 11.0. The Morgan fingerprint density at radius 3 is 1.96 bits per heavy atom. The largest absolute Gasteiger partial charge is 0.0663 e. The lowest BCUT2D eigenvalue weighted by Gasteiger charge is -2.15. The fraction of sp³-hybridized carbons (Fsp3) is 0.238. The first-order valence-corrected chi connectivity index (χ1v) is 9.56. The Morgan fingerprint density at radius 2 is 1.48 bits per heavy atom. The maximum atomic E-state index is 3.65. The summed E-state index contributed by atoms with van der Waals surface area (Å²) >= 11 is 7.30. The van der Waals surface area contributed by atoms with Gasteiger partial charge in [0.05, 0.1) is 0 Å². The van der Waals surface area contributed by atoms with Gasteiger partial charge in [-0.05, 0) is 73.2 Å². The Hall–Kier alpha value is -1.12. The van der Waals surface area contributed by atoms with Crippen LogP contribution >= 0.6 is 31.9 Å². The lowest BCUT2D eigenvalue weighted by Crippen LogP contribution is -1.99. The van der Waals surface area contributed by atoms with Gasteiger partial charge in [0.2, 0.25) is 0 Å².